The summed E-state index contributed by atoms with van der Waals surface area (Å²) in [5.41, 5.74) is 0.523. The van der Waals surface area contributed by atoms with E-state index < -0.39 is 34.1 Å². The van der Waals surface area contributed by atoms with E-state index in [0.29, 0.717) is 36.6 Å². The Balaban J connectivity index is 1.60. The topological polar surface area (TPSA) is 159 Å². The van der Waals surface area contributed by atoms with Gasteiger partial charge in [-0.15, -0.1) is 0 Å². The fourth-order valence-corrected chi connectivity index (χ4v) is 6.34. The highest BCUT2D eigenvalue weighted by Gasteiger charge is 2.41. The van der Waals surface area contributed by atoms with Gasteiger partial charge in [-0.05, 0) is 30.7 Å². The van der Waals surface area contributed by atoms with Crippen LogP contribution < -0.4 is 15.8 Å². The Bertz CT molecular complexity index is 1070. The van der Waals surface area contributed by atoms with Gasteiger partial charge >= 0.3 is 5.97 Å². The lowest BCUT2D eigenvalue weighted by Crippen LogP contribution is -2.45. The van der Waals surface area contributed by atoms with E-state index in [0.717, 1.165) is 6.07 Å². The molecular formula is C19H25ClN4O6S3. The van der Waals surface area contributed by atoms with E-state index in [1.165, 1.54) is 11.0 Å². The number of carbonyl (C=O) groups excluding carboxylic acids is 2. The largest absolute Gasteiger partial charge is 0.480 e. The molecular weight excluding hydrogens is 512 g/mol. The van der Waals surface area contributed by atoms with Crippen molar-refractivity contribution in [1.29, 1.82) is 0 Å². The number of primary sulfonamides is 1. The number of sulfonamides is 1. The van der Waals surface area contributed by atoms with Crippen LogP contribution in [-0.2, 0) is 19.6 Å². The standard InChI is InChI=1S/C19H25ClN4O6S3/c1-9(8-31)18(26)24-7-10(4-14(24)19(27)28)32-3-2-16-22-13-6-12(20)15(33(21,29)30)5-11(13)17(25)23-16/h5-6,9-10,14,16,22,31H,2-4,7-8H2,1H3,(H,23,25)(H,27,28)(H2,21,29,30). The molecule has 2 aliphatic heterocycles. The zero-order valence-corrected chi connectivity index (χ0v) is 20.9. The lowest BCUT2D eigenvalue weighted by Gasteiger charge is -2.28. The highest BCUT2D eigenvalue weighted by atomic mass is 35.5. The quantitative estimate of drug-likeness (QED) is 0.310. The molecule has 5 N–H and O–H groups in total. The maximum Gasteiger partial charge on any atom is 0.326 e. The Morgan fingerprint density at radius 2 is 2.09 bits per heavy atom. The molecule has 0 radical (unpaired) electrons. The van der Waals surface area contributed by atoms with Crippen molar-refractivity contribution in [3.05, 3.63) is 22.7 Å². The normalized spacial score (nSPS) is 23.5. The number of nitrogens with two attached hydrogens (primary N) is 1. The molecule has 0 saturated carbocycles. The first-order valence-corrected chi connectivity index (χ1v) is 13.7. The molecule has 4 unspecified atom stereocenters. The van der Waals surface area contributed by atoms with E-state index in [4.69, 9.17) is 16.7 Å². The first-order valence-electron chi connectivity index (χ1n) is 10.1. The molecule has 2 aliphatic rings. The summed E-state index contributed by atoms with van der Waals surface area (Å²) in [6, 6.07) is 1.64. The average Bonchev–Trinajstić information content (AvgIpc) is 3.15. The third kappa shape index (κ3) is 5.88. The predicted octanol–water partition coefficient (Wildman–Crippen LogP) is 1.21. The van der Waals surface area contributed by atoms with Gasteiger partial charge in [0.2, 0.25) is 15.9 Å². The van der Waals surface area contributed by atoms with E-state index in [2.05, 4.69) is 23.3 Å². The Hall–Kier alpha value is -1.67. The minimum Gasteiger partial charge on any atom is -0.480 e. The number of anilines is 1. The second kappa shape index (κ2) is 10.3. The van der Waals surface area contributed by atoms with Crippen LogP contribution in [0.25, 0.3) is 0 Å². The molecule has 1 aromatic carbocycles. The smallest absolute Gasteiger partial charge is 0.326 e. The zero-order chi connectivity index (χ0) is 24.5. The number of nitrogens with one attached hydrogen (secondary N) is 2. The van der Waals surface area contributed by atoms with Gasteiger partial charge in [0, 0.05) is 23.5 Å². The summed E-state index contributed by atoms with van der Waals surface area (Å²) in [5.74, 6) is -1.11. The van der Waals surface area contributed by atoms with Crippen LogP contribution in [0.4, 0.5) is 5.69 Å². The molecule has 0 aromatic heterocycles. The molecule has 1 aromatic rings. The number of benzene rings is 1. The van der Waals surface area contributed by atoms with Crippen LogP contribution in [0.1, 0.15) is 30.1 Å². The van der Waals surface area contributed by atoms with Gasteiger partial charge in [-0.25, -0.2) is 18.4 Å². The van der Waals surface area contributed by atoms with Gasteiger partial charge in [-0.3, -0.25) is 9.59 Å². The van der Waals surface area contributed by atoms with Crippen molar-refractivity contribution in [2.45, 2.75) is 42.1 Å². The predicted molar refractivity (Wildman–Crippen MR) is 129 cm³/mol. The molecule has 0 aliphatic carbocycles. The molecule has 182 valence electrons. The summed E-state index contributed by atoms with van der Waals surface area (Å²) in [5, 5.41) is 20.4. The molecule has 2 heterocycles. The Labute approximate surface area is 206 Å². The molecule has 0 spiro atoms. The third-order valence-electron chi connectivity index (χ3n) is 5.54. The van der Waals surface area contributed by atoms with Crippen molar-refractivity contribution in [1.82, 2.24) is 10.2 Å². The van der Waals surface area contributed by atoms with E-state index in [9.17, 15) is 27.9 Å². The van der Waals surface area contributed by atoms with Crippen LogP contribution in [0.2, 0.25) is 5.02 Å². The lowest BCUT2D eigenvalue weighted by atomic mass is 10.1. The minimum absolute atomic E-state index is 0.0412. The van der Waals surface area contributed by atoms with Crippen molar-refractivity contribution in [3.8, 4) is 0 Å². The number of thiol groups is 1. The number of halogens is 1. The fraction of sp³-hybridized carbons (Fsp3) is 0.526. The van der Waals surface area contributed by atoms with Crippen molar-refractivity contribution in [3.63, 3.8) is 0 Å². The van der Waals surface area contributed by atoms with Gasteiger partial charge in [0.25, 0.3) is 5.91 Å². The number of carboxylic acid groups (broad SMARTS) is 1. The van der Waals surface area contributed by atoms with Gasteiger partial charge < -0.3 is 20.6 Å². The maximum absolute atomic E-state index is 12.5. The number of nitrogens with zero attached hydrogens (tertiary/aromatic N) is 1. The number of fused-ring (bicyclic) bond motifs is 1. The fourth-order valence-electron chi connectivity index (χ4n) is 3.79. The summed E-state index contributed by atoms with van der Waals surface area (Å²) >= 11 is 11.7. The molecule has 2 amide bonds. The summed E-state index contributed by atoms with van der Waals surface area (Å²) in [7, 11) is -4.07. The summed E-state index contributed by atoms with van der Waals surface area (Å²) in [6.45, 7) is 2.07. The van der Waals surface area contributed by atoms with Crippen LogP contribution in [0.3, 0.4) is 0 Å². The Morgan fingerprint density at radius 1 is 1.39 bits per heavy atom. The Kier molecular flexibility index (Phi) is 8.10. The molecule has 14 heteroatoms. The first kappa shape index (κ1) is 25.9. The second-order valence-electron chi connectivity index (χ2n) is 7.99. The maximum atomic E-state index is 12.5. The van der Waals surface area contributed by atoms with Crippen LogP contribution >= 0.6 is 36.0 Å². The van der Waals surface area contributed by atoms with Crippen molar-refractivity contribution >= 4 is 69.5 Å². The minimum atomic E-state index is -4.07. The number of likely N-dealkylation sites (tertiary alicyclic amines) is 1. The molecule has 4 atom stereocenters. The van der Waals surface area contributed by atoms with Gasteiger partial charge in [-0.1, -0.05) is 18.5 Å². The van der Waals surface area contributed by atoms with Crippen LogP contribution in [0, 0.1) is 5.92 Å². The van der Waals surface area contributed by atoms with Gasteiger partial charge in [0.1, 0.15) is 10.9 Å². The molecule has 0 bridgehead atoms. The van der Waals surface area contributed by atoms with Gasteiger partial charge in [0.05, 0.1) is 22.4 Å². The number of rotatable bonds is 8. The molecule has 3 rings (SSSR count). The summed E-state index contributed by atoms with van der Waals surface area (Å²) in [6.07, 6.45) is 0.441. The zero-order valence-electron chi connectivity index (χ0n) is 17.7. The third-order valence-corrected chi connectivity index (χ3v) is 8.75. The van der Waals surface area contributed by atoms with E-state index in [-0.39, 0.29) is 32.6 Å². The number of amides is 2. The highest BCUT2D eigenvalue weighted by molar-refractivity contribution is 7.99. The number of thioether (sulfide) groups is 1. The van der Waals surface area contributed by atoms with Crippen LogP contribution in [-0.4, -0.2) is 71.7 Å². The number of aliphatic carboxylic acids is 1. The second-order valence-corrected chi connectivity index (χ2v) is 11.7. The summed E-state index contributed by atoms with van der Waals surface area (Å²) < 4.78 is 23.3. The lowest BCUT2D eigenvalue weighted by molar-refractivity contribution is -0.149. The van der Waals surface area contributed by atoms with Crippen molar-refractivity contribution < 1.29 is 27.9 Å². The molecule has 10 nitrogen and oxygen atoms in total. The van der Waals surface area contributed by atoms with Crippen LogP contribution in [0.15, 0.2) is 17.0 Å². The summed E-state index contributed by atoms with van der Waals surface area (Å²) in [4.78, 5) is 37.7. The van der Waals surface area contributed by atoms with Crippen molar-refractivity contribution in [2.24, 2.45) is 11.1 Å². The first-order chi connectivity index (χ1) is 15.4. The van der Waals surface area contributed by atoms with E-state index >= 15 is 0 Å². The monoisotopic (exact) mass is 536 g/mol. The van der Waals surface area contributed by atoms with Gasteiger partial charge in [-0.2, -0.15) is 24.4 Å². The number of hydrogen-bond donors (Lipinski definition) is 5. The number of carbonyl (C=O) groups is 3. The SMILES string of the molecule is CC(CS)C(=O)N1CC(SCCC2NC(=O)c3cc(S(N)(=O)=O)c(Cl)cc3N2)CC1C(=O)O. The molecule has 1 saturated heterocycles. The highest BCUT2D eigenvalue weighted by Crippen LogP contribution is 2.32. The Morgan fingerprint density at radius 3 is 2.70 bits per heavy atom. The average molecular weight is 537 g/mol. The van der Waals surface area contributed by atoms with Crippen LogP contribution in [0.5, 0.6) is 0 Å². The molecule has 1 fully saturated rings. The van der Waals surface area contributed by atoms with E-state index in [1.54, 1.807) is 18.7 Å². The van der Waals surface area contributed by atoms with Crippen molar-refractivity contribution in [2.75, 3.05) is 23.4 Å². The molecule has 33 heavy (non-hydrogen) atoms. The van der Waals surface area contributed by atoms with E-state index in [1.807, 2.05) is 0 Å². The van der Waals surface area contributed by atoms with Gasteiger partial charge in [0.15, 0.2) is 0 Å². The number of hydrogen-bond acceptors (Lipinski definition) is 8. The number of carboxylic acids is 1.